The van der Waals surface area contributed by atoms with Crippen LogP contribution in [0.4, 0.5) is 5.69 Å². The fraction of sp³-hybridized carbons (Fsp3) is 0.562. The second-order valence-corrected chi connectivity index (χ2v) is 5.54. The molecule has 1 atom stereocenters. The molecule has 0 spiro atoms. The zero-order valence-corrected chi connectivity index (χ0v) is 12.9. The Kier molecular flexibility index (Phi) is 5.57. The molecule has 1 rings (SSSR count). The number of carbonyl (C=O) groups excluding carboxylic acids is 1. The van der Waals surface area contributed by atoms with Crippen molar-refractivity contribution in [3.63, 3.8) is 0 Å². The van der Waals surface area contributed by atoms with Crippen molar-refractivity contribution in [3.05, 3.63) is 29.3 Å². The Balaban J connectivity index is 3.19. The summed E-state index contributed by atoms with van der Waals surface area (Å²) in [4.78, 5) is 12.4. The number of nitrogens with two attached hydrogens (primary N) is 2. The van der Waals surface area contributed by atoms with E-state index in [1.54, 1.807) is 0 Å². The molecule has 0 aliphatic heterocycles. The topological polar surface area (TPSA) is 78.3 Å². The predicted octanol–water partition coefficient (Wildman–Crippen LogP) is 2.28. The molecular weight excluding hydrogens is 252 g/mol. The van der Waals surface area contributed by atoms with Crippen LogP contribution in [0.2, 0.25) is 0 Å². The Hall–Kier alpha value is -1.55. The van der Waals surface area contributed by atoms with E-state index in [1.165, 1.54) is 0 Å². The number of hydrogen-bond acceptors (Lipinski definition) is 4. The minimum absolute atomic E-state index is 0.0902. The molecule has 0 amide bonds. The molecule has 1 aromatic rings. The van der Waals surface area contributed by atoms with Crippen LogP contribution in [-0.2, 0) is 16.0 Å². The van der Waals surface area contributed by atoms with E-state index in [1.807, 2.05) is 45.9 Å². The molecular formula is C16H26N2O2. The molecule has 4 nitrogen and oxygen atoms in total. The van der Waals surface area contributed by atoms with Crippen LogP contribution in [0.5, 0.6) is 0 Å². The van der Waals surface area contributed by atoms with E-state index in [0.29, 0.717) is 13.0 Å². The Morgan fingerprint density at radius 1 is 1.40 bits per heavy atom. The van der Waals surface area contributed by atoms with Gasteiger partial charge in [0.25, 0.3) is 0 Å². The third-order valence-corrected chi connectivity index (χ3v) is 4.15. The van der Waals surface area contributed by atoms with Gasteiger partial charge in [-0.1, -0.05) is 26.0 Å². The third kappa shape index (κ3) is 3.12. The molecule has 112 valence electrons. The van der Waals surface area contributed by atoms with E-state index in [-0.39, 0.29) is 18.4 Å². The molecule has 0 fully saturated rings. The van der Waals surface area contributed by atoms with Crippen LogP contribution in [0.1, 0.15) is 31.9 Å². The molecule has 0 aliphatic rings. The van der Waals surface area contributed by atoms with Gasteiger partial charge in [0.2, 0.25) is 0 Å². The van der Waals surface area contributed by atoms with Crippen molar-refractivity contribution < 1.29 is 9.53 Å². The standard InChI is InChI=1S/C16H26N2O2/c1-5-20-15(19)16(10-17,11(2)3)9-13-7-6-8-14(18)12(13)4/h6-8,11H,5,9-10,17-18H2,1-4H3. The molecule has 0 saturated carbocycles. The summed E-state index contributed by atoms with van der Waals surface area (Å²) >= 11 is 0. The number of ether oxygens (including phenoxy) is 1. The van der Waals surface area contributed by atoms with Gasteiger partial charge in [0, 0.05) is 12.2 Å². The van der Waals surface area contributed by atoms with Crippen molar-refractivity contribution >= 4 is 11.7 Å². The summed E-state index contributed by atoms with van der Waals surface area (Å²) in [5, 5.41) is 0. The molecule has 20 heavy (non-hydrogen) atoms. The van der Waals surface area contributed by atoms with Crippen LogP contribution >= 0.6 is 0 Å². The minimum atomic E-state index is -0.700. The van der Waals surface area contributed by atoms with Gasteiger partial charge in [-0.05, 0) is 43.4 Å². The average molecular weight is 278 g/mol. The van der Waals surface area contributed by atoms with Crippen LogP contribution in [0.25, 0.3) is 0 Å². The average Bonchev–Trinajstić information content (AvgIpc) is 2.40. The monoisotopic (exact) mass is 278 g/mol. The first kappa shape index (κ1) is 16.5. The normalized spacial score (nSPS) is 14.1. The van der Waals surface area contributed by atoms with Crippen molar-refractivity contribution in [3.8, 4) is 0 Å². The smallest absolute Gasteiger partial charge is 0.313 e. The van der Waals surface area contributed by atoms with Gasteiger partial charge in [-0.2, -0.15) is 0 Å². The van der Waals surface area contributed by atoms with Gasteiger partial charge in [-0.3, -0.25) is 4.79 Å². The largest absolute Gasteiger partial charge is 0.466 e. The van der Waals surface area contributed by atoms with Crippen LogP contribution in [0.3, 0.4) is 0 Å². The molecule has 1 unspecified atom stereocenters. The molecule has 0 saturated heterocycles. The number of nitrogen functional groups attached to an aromatic ring is 1. The van der Waals surface area contributed by atoms with Crippen LogP contribution in [-0.4, -0.2) is 19.1 Å². The Labute approximate surface area is 121 Å². The van der Waals surface area contributed by atoms with Crippen LogP contribution in [0, 0.1) is 18.3 Å². The lowest BCUT2D eigenvalue weighted by Gasteiger charge is -2.34. The molecule has 1 aromatic carbocycles. The number of carbonyl (C=O) groups is 1. The van der Waals surface area contributed by atoms with E-state index in [4.69, 9.17) is 16.2 Å². The first-order chi connectivity index (χ1) is 9.39. The van der Waals surface area contributed by atoms with Gasteiger partial charge >= 0.3 is 5.97 Å². The third-order valence-electron chi connectivity index (χ3n) is 4.15. The molecule has 4 heteroatoms. The van der Waals surface area contributed by atoms with Gasteiger partial charge in [0.15, 0.2) is 0 Å². The van der Waals surface area contributed by atoms with Gasteiger partial charge < -0.3 is 16.2 Å². The molecule has 0 heterocycles. The summed E-state index contributed by atoms with van der Waals surface area (Å²) < 4.78 is 5.25. The maximum Gasteiger partial charge on any atom is 0.313 e. The Morgan fingerprint density at radius 2 is 2.05 bits per heavy atom. The van der Waals surface area contributed by atoms with Crippen molar-refractivity contribution in [2.45, 2.75) is 34.1 Å². The van der Waals surface area contributed by atoms with E-state index in [0.717, 1.165) is 16.8 Å². The van der Waals surface area contributed by atoms with Crippen molar-refractivity contribution in [2.24, 2.45) is 17.1 Å². The van der Waals surface area contributed by atoms with Crippen molar-refractivity contribution in [1.82, 2.24) is 0 Å². The predicted molar refractivity (Wildman–Crippen MR) is 82.3 cm³/mol. The minimum Gasteiger partial charge on any atom is -0.466 e. The lowest BCUT2D eigenvalue weighted by Crippen LogP contribution is -2.46. The van der Waals surface area contributed by atoms with E-state index in [2.05, 4.69) is 0 Å². The number of rotatable bonds is 6. The fourth-order valence-electron chi connectivity index (χ4n) is 2.41. The zero-order valence-electron chi connectivity index (χ0n) is 12.9. The lowest BCUT2D eigenvalue weighted by molar-refractivity contribution is -0.157. The van der Waals surface area contributed by atoms with Crippen molar-refractivity contribution in [1.29, 1.82) is 0 Å². The molecule has 0 aliphatic carbocycles. The quantitative estimate of drug-likeness (QED) is 0.618. The summed E-state index contributed by atoms with van der Waals surface area (Å²) in [7, 11) is 0. The first-order valence-corrected chi connectivity index (χ1v) is 7.10. The highest BCUT2D eigenvalue weighted by Crippen LogP contribution is 2.34. The second kappa shape index (κ2) is 6.75. The fourth-order valence-corrected chi connectivity index (χ4v) is 2.41. The van der Waals surface area contributed by atoms with E-state index in [9.17, 15) is 4.79 Å². The summed E-state index contributed by atoms with van der Waals surface area (Å²) in [6, 6.07) is 5.77. The Morgan fingerprint density at radius 3 is 2.55 bits per heavy atom. The van der Waals surface area contributed by atoms with Gasteiger partial charge in [-0.15, -0.1) is 0 Å². The number of benzene rings is 1. The SMILES string of the molecule is CCOC(=O)C(CN)(Cc1cccc(N)c1C)C(C)C. The highest BCUT2D eigenvalue weighted by Gasteiger charge is 2.42. The summed E-state index contributed by atoms with van der Waals surface area (Å²) in [5.41, 5.74) is 14.0. The molecule has 0 radical (unpaired) electrons. The maximum absolute atomic E-state index is 12.4. The molecule has 0 bridgehead atoms. The summed E-state index contributed by atoms with van der Waals surface area (Å²) in [6.45, 7) is 8.42. The van der Waals surface area contributed by atoms with Gasteiger partial charge in [0.05, 0.1) is 12.0 Å². The zero-order chi connectivity index (χ0) is 15.3. The van der Waals surface area contributed by atoms with E-state index < -0.39 is 5.41 Å². The van der Waals surface area contributed by atoms with Gasteiger partial charge in [0.1, 0.15) is 0 Å². The molecule has 0 aromatic heterocycles. The summed E-state index contributed by atoms with van der Waals surface area (Å²) in [6.07, 6.45) is 0.552. The lowest BCUT2D eigenvalue weighted by atomic mass is 9.72. The van der Waals surface area contributed by atoms with Crippen LogP contribution < -0.4 is 11.5 Å². The Bertz CT molecular complexity index is 472. The maximum atomic E-state index is 12.4. The number of hydrogen-bond donors (Lipinski definition) is 2. The van der Waals surface area contributed by atoms with E-state index >= 15 is 0 Å². The molecule has 4 N–H and O–H groups in total. The highest BCUT2D eigenvalue weighted by molar-refractivity contribution is 5.78. The van der Waals surface area contributed by atoms with Crippen LogP contribution in [0.15, 0.2) is 18.2 Å². The van der Waals surface area contributed by atoms with Crippen molar-refractivity contribution in [2.75, 3.05) is 18.9 Å². The van der Waals surface area contributed by atoms with Gasteiger partial charge in [-0.25, -0.2) is 0 Å². The highest BCUT2D eigenvalue weighted by atomic mass is 16.5. The first-order valence-electron chi connectivity index (χ1n) is 7.10. The number of esters is 1. The second-order valence-electron chi connectivity index (χ2n) is 5.54. The number of anilines is 1. The summed E-state index contributed by atoms with van der Waals surface area (Å²) in [5.74, 6) is -0.133.